The van der Waals surface area contributed by atoms with Crippen molar-refractivity contribution in [2.75, 3.05) is 25.6 Å². The van der Waals surface area contributed by atoms with Gasteiger partial charge in [-0.1, -0.05) is 12.1 Å². The van der Waals surface area contributed by atoms with Crippen LogP contribution in [0.2, 0.25) is 0 Å². The van der Waals surface area contributed by atoms with E-state index in [0.717, 1.165) is 6.42 Å². The Bertz CT molecular complexity index is 385. The van der Waals surface area contributed by atoms with Crippen molar-refractivity contribution in [2.24, 2.45) is 0 Å². The number of ether oxygens (including phenoxy) is 1. The van der Waals surface area contributed by atoms with Crippen LogP contribution < -0.4 is 10.6 Å². The topological polar surface area (TPSA) is 50.4 Å². The monoisotopic (exact) mass is 254 g/mol. The summed E-state index contributed by atoms with van der Waals surface area (Å²) < 4.78 is 18.2. The van der Waals surface area contributed by atoms with Crippen LogP contribution in [0.5, 0.6) is 0 Å². The number of nitrogens with one attached hydrogen (secondary N) is 2. The molecule has 0 bridgehead atoms. The first-order valence-electron chi connectivity index (χ1n) is 5.90. The molecule has 1 unspecified atom stereocenters. The van der Waals surface area contributed by atoms with E-state index in [1.807, 2.05) is 6.92 Å². The smallest absolute Gasteiger partial charge is 0.238 e. The third-order valence-corrected chi connectivity index (χ3v) is 2.51. The highest BCUT2D eigenvalue weighted by Crippen LogP contribution is 2.11. The molecule has 100 valence electrons. The number of para-hydroxylation sites is 1. The van der Waals surface area contributed by atoms with Crippen molar-refractivity contribution in [3.05, 3.63) is 30.1 Å². The molecule has 0 aliphatic heterocycles. The third-order valence-electron chi connectivity index (χ3n) is 2.51. The van der Waals surface area contributed by atoms with Crippen LogP contribution in [-0.2, 0) is 9.53 Å². The number of rotatable bonds is 7. The van der Waals surface area contributed by atoms with Crippen LogP contribution in [0.15, 0.2) is 24.3 Å². The Morgan fingerprint density at radius 3 is 2.83 bits per heavy atom. The van der Waals surface area contributed by atoms with Gasteiger partial charge in [0.2, 0.25) is 5.91 Å². The molecule has 0 aliphatic carbocycles. The number of carbonyl (C=O) groups excluding carboxylic acids is 1. The predicted octanol–water partition coefficient (Wildman–Crippen LogP) is 1.78. The van der Waals surface area contributed by atoms with Gasteiger partial charge in [-0.3, -0.25) is 4.79 Å². The molecule has 0 aliphatic rings. The molecule has 5 heteroatoms. The first-order chi connectivity index (χ1) is 8.63. The number of methoxy groups -OCH3 is 1. The zero-order chi connectivity index (χ0) is 13.4. The van der Waals surface area contributed by atoms with Gasteiger partial charge in [-0.05, 0) is 25.5 Å². The maximum atomic E-state index is 13.3. The van der Waals surface area contributed by atoms with Gasteiger partial charge in [0.05, 0.1) is 12.2 Å². The molecule has 0 heterocycles. The maximum Gasteiger partial charge on any atom is 0.238 e. The highest BCUT2D eigenvalue weighted by atomic mass is 19.1. The van der Waals surface area contributed by atoms with Crippen LogP contribution in [0, 0.1) is 5.82 Å². The van der Waals surface area contributed by atoms with Crippen LogP contribution in [0.4, 0.5) is 10.1 Å². The lowest BCUT2D eigenvalue weighted by Crippen LogP contribution is -2.35. The Hall–Kier alpha value is -1.46. The summed E-state index contributed by atoms with van der Waals surface area (Å²) in [6, 6.07) is 6.27. The highest BCUT2D eigenvalue weighted by Gasteiger charge is 2.07. The number of hydrogen-bond donors (Lipinski definition) is 2. The Morgan fingerprint density at radius 1 is 1.44 bits per heavy atom. The van der Waals surface area contributed by atoms with Crippen molar-refractivity contribution in [1.29, 1.82) is 0 Å². The molecular weight excluding hydrogens is 235 g/mol. The Morgan fingerprint density at radius 2 is 2.17 bits per heavy atom. The fraction of sp³-hybridized carbons (Fsp3) is 0.462. The van der Waals surface area contributed by atoms with Gasteiger partial charge in [0.15, 0.2) is 0 Å². The van der Waals surface area contributed by atoms with E-state index in [4.69, 9.17) is 4.74 Å². The lowest BCUT2D eigenvalue weighted by atomic mass is 10.2. The van der Waals surface area contributed by atoms with Crippen molar-refractivity contribution in [2.45, 2.75) is 19.4 Å². The standard InChI is InChI=1S/C13H19FN2O2/c1-10(7-8-18-2)15-9-13(17)16-12-6-4-3-5-11(12)14/h3-6,10,15H,7-9H2,1-2H3,(H,16,17). The Balaban J connectivity index is 2.32. The molecule has 1 rings (SSSR count). The van der Waals surface area contributed by atoms with E-state index >= 15 is 0 Å². The predicted molar refractivity (Wildman–Crippen MR) is 69.0 cm³/mol. The summed E-state index contributed by atoms with van der Waals surface area (Å²) in [4.78, 5) is 11.6. The first-order valence-corrected chi connectivity index (χ1v) is 5.90. The fourth-order valence-corrected chi connectivity index (χ4v) is 1.42. The molecule has 2 N–H and O–H groups in total. The van der Waals surface area contributed by atoms with E-state index in [0.29, 0.717) is 6.61 Å². The van der Waals surface area contributed by atoms with E-state index in [2.05, 4.69) is 10.6 Å². The van der Waals surface area contributed by atoms with E-state index < -0.39 is 5.82 Å². The maximum absolute atomic E-state index is 13.3. The first kappa shape index (κ1) is 14.6. The summed E-state index contributed by atoms with van der Waals surface area (Å²) in [6.45, 7) is 2.76. The molecule has 0 spiro atoms. The molecule has 0 aromatic heterocycles. The average Bonchev–Trinajstić information content (AvgIpc) is 2.36. The second-order valence-corrected chi connectivity index (χ2v) is 4.09. The Kier molecular flexibility index (Phi) is 6.32. The molecule has 1 amide bonds. The molecule has 1 aromatic carbocycles. The summed E-state index contributed by atoms with van der Waals surface area (Å²) in [6.07, 6.45) is 0.823. The fourth-order valence-electron chi connectivity index (χ4n) is 1.42. The molecule has 1 atom stereocenters. The molecule has 0 saturated heterocycles. The van der Waals surface area contributed by atoms with E-state index in [1.54, 1.807) is 19.2 Å². The second-order valence-electron chi connectivity index (χ2n) is 4.09. The van der Waals surface area contributed by atoms with Gasteiger partial charge in [-0.15, -0.1) is 0 Å². The van der Waals surface area contributed by atoms with E-state index in [1.165, 1.54) is 12.1 Å². The van der Waals surface area contributed by atoms with Crippen molar-refractivity contribution in [1.82, 2.24) is 5.32 Å². The largest absolute Gasteiger partial charge is 0.385 e. The van der Waals surface area contributed by atoms with Gasteiger partial charge >= 0.3 is 0 Å². The normalized spacial score (nSPS) is 12.2. The molecule has 18 heavy (non-hydrogen) atoms. The lowest BCUT2D eigenvalue weighted by Gasteiger charge is -2.13. The molecular formula is C13H19FN2O2. The van der Waals surface area contributed by atoms with Gasteiger partial charge in [-0.25, -0.2) is 4.39 Å². The summed E-state index contributed by atoms with van der Waals surface area (Å²) in [5.74, 6) is -0.692. The molecule has 4 nitrogen and oxygen atoms in total. The number of carbonyl (C=O) groups is 1. The van der Waals surface area contributed by atoms with Crippen LogP contribution in [-0.4, -0.2) is 32.2 Å². The molecule has 0 radical (unpaired) electrons. The number of halogens is 1. The zero-order valence-electron chi connectivity index (χ0n) is 10.7. The van der Waals surface area contributed by atoms with Gasteiger partial charge in [0.1, 0.15) is 5.82 Å². The zero-order valence-corrected chi connectivity index (χ0v) is 10.7. The lowest BCUT2D eigenvalue weighted by molar-refractivity contribution is -0.115. The minimum Gasteiger partial charge on any atom is -0.385 e. The number of benzene rings is 1. The van der Waals surface area contributed by atoms with Gasteiger partial charge in [-0.2, -0.15) is 0 Å². The van der Waals surface area contributed by atoms with Crippen molar-refractivity contribution >= 4 is 11.6 Å². The van der Waals surface area contributed by atoms with Crippen LogP contribution >= 0.6 is 0 Å². The number of amides is 1. The van der Waals surface area contributed by atoms with Crippen molar-refractivity contribution < 1.29 is 13.9 Å². The van der Waals surface area contributed by atoms with E-state index in [9.17, 15) is 9.18 Å². The molecule has 1 aromatic rings. The average molecular weight is 254 g/mol. The Labute approximate surface area is 107 Å². The summed E-state index contributed by atoms with van der Waals surface area (Å²) >= 11 is 0. The van der Waals surface area contributed by atoms with Gasteiger partial charge in [0, 0.05) is 19.8 Å². The quantitative estimate of drug-likeness (QED) is 0.780. The second kappa shape index (κ2) is 7.79. The highest BCUT2D eigenvalue weighted by molar-refractivity contribution is 5.92. The molecule has 0 saturated carbocycles. The van der Waals surface area contributed by atoms with Crippen molar-refractivity contribution in [3.8, 4) is 0 Å². The summed E-state index contributed by atoms with van der Waals surface area (Å²) in [5.41, 5.74) is 0.203. The third kappa shape index (κ3) is 5.25. The van der Waals surface area contributed by atoms with Gasteiger partial charge in [0.25, 0.3) is 0 Å². The van der Waals surface area contributed by atoms with Crippen molar-refractivity contribution in [3.63, 3.8) is 0 Å². The van der Waals surface area contributed by atoms with Crippen LogP contribution in [0.3, 0.4) is 0 Å². The van der Waals surface area contributed by atoms with Gasteiger partial charge < -0.3 is 15.4 Å². The minimum absolute atomic E-state index is 0.152. The van der Waals surface area contributed by atoms with Crippen LogP contribution in [0.25, 0.3) is 0 Å². The number of anilines is 1. The van der Waals surface area contributed by atoms with E-state index in [-0.39, 0.29) is 24.2 Å². The SMILES string of the molecule is COCCC(C)NCC(=O)Nc1ccccc1F. The molecule has 0 fully saturated rings. The number of hydrogen-bond acceptors (Lipinski definition) is 3. The minimum atomic E-state index is -0.432. The van der Waals surface area contributed by atoms with Crippen LogP contribution in [0.1, 0.15) is 13.3 Å². The summed E-state index contributed by atoms with van der Waals surface area (Å²) in [5, 5.41) is 5.56. The summed E-state index contributed by atoms with van der Waals surface area (Å²) in [7, 11) is 1.64.